The van der Waals surface area contributed by atoms with E-state index in [-0.39, 0.29) is 11.0 Å². The van der Waals surface area contributed by atoms with Crippen molar-refractivity contribution in [1.29, 1.82) is 0 Å². The fourth-order valence-corrected chi connectivity index (χ4v) is 3.01. The Hall–Kier alpha value is -0.870. The Kier molecular flexibility index (Phi) is 4.02. The SMILES string of the molecule is CC(C)(C)c1ccc(-n2cc(Br)cc(Br)c2=O)cc1. The van der Waals surface area contributed by atoms with E-state index in [1.54, 1.807) is 16.8 Å². The summed E-state index contributed by atoms with van der Waals surface area (Å²) >= 11 is 6.68. The molecule has 0 saturated carbocycles. The summed E-state index contributed by atoms with van der Waals surface area (Å²) in [5, 5.41) is 0. The number of rotatable bonds is 1. The standard InChI is InChI=1S/C15H15Br2NO/c1-15(2,3)10-4-6-12(7-5-10)18-9-11(16)8-13(17)14(18)19/h4-9H,1-3H3. The molecule has 2 nitrogen and oxygen atoms in total. The molecular weight excluding hydrogens is 370 g/mol. The Labute approximate surface area is 129 Å². The number of pyridine rings is 1. The molecule has 0 bridgehead atoms. The van der Waals surface area contributed by atoms with E-state index in [0.717, 1.165) is 10.2 Å². The Bertz CT molecular complexity index is 651. The van der Waals surface area contributed by atoms with Crippen molar-refractivity contribution in [1.82, 2.24) is 4.57 Å². The molecule has 0 aliphatic rings. The highest BCUT2D eigenvalue weighted by Gasteiger charge is 2.13. The van der Waals surface area contributed by atoms with Gasteiger partial charge in [-0.25, -0.2) is 0 Å². The molecule has 100 valence electrons. The van der Waals surface area contributed by atoms with E-state index in [4.69, 9.17) is 0 Å². The quantitative estimate of drug-likeness (QED) is 0.700. The maximum atomic E-state index is 12.1. The predicted octanol–water partition coefficient (Wildman–Crippen LogP) is 4.66. The van der Waals surface area contributed by atoms with Crippen LogP contribution in [0, 0.1) is 0 Å². The molecule has 2 rings (SSSR count). The van der Waals surface area contributed by atoms with Crippen molar-refractivity contribution >= 4 is 31.9 Å². The third-order valence-corrected chi connectivity index (χ3v) is 3.95. The predicted molar refractivity (Wildman–Crippen MR) is 86.1 cm³/mol. The number of halogens is 2. The van der Waals surface area contributed by atoms with E-state index >= 15 is 0 Å². The van der Waals surface area contributed by atoms with Gasteiger partial charge >= 0.3 is 0 Å². The molecule has 4 heteroatoms. The third-order valence-electron chi connectivity index (χ3n) is 2.95. The Morgan fingerprint density at radius 1 is 1.05 bits per heavy atom. The summed E-state index contributed by atoms with van der Waals surface area (Å²) < 4.78 is 3.03. The van der Waals surface area contributed by atoms with Crippen molar-refractivity contribution in [3.63, 3.8) is 0 Å². The zero-order chi connectivity index (χ0) is 14.2. The van der Waals surface area contributed by atoms with E-state index in [2.05, 4.69) is 64.8 Å². The van der Waals surface area contributed by atoms with Crippen molar-refractivity contribution in [3.05, 3.63) is 61.4 Å². The maximum Gasteiger partial charge on any atom is 0.269 e. The van der Waals surface area contributed by atoms with Crippen LogP contribution in [0.3, 0.4) is 0 Å². The van der Waals surface area contributed by atoms with Crippen LogP contribution in [0.5, 0.6) is 0 Å². The molecule has 0 spiro atoms. The van der Waals surface area contributed by atoms with Gasteiger partial charge in [0.25, 0.3) is 5.56 Å². The van der Waals surface area contributed by atoms with Crippen LogP contribution in [0.2, 0.25) is 0 Å². The van der Waals surface area contributed by atoms with Gasteiger partial charge in [-0.15, -0.1) is 0 Å². The lowest BCUT2D eigenvalue weighted by Gasteiger charge is -2.19. The molecule has 2 aromatic rings. The smallest absolute Gasteiger partial charge is 0.269 e. The molecule has 1 heterocycles. The molecule has 0 saturated heterocycles. The molecule has 0 aliphatic carbocycles. The first-order valence-electron chi connectivity index (χ1n) is 5.97. The van der Waals surface area contributed by atoms with Gasteiger partial charge in [0, 0.05) is 16.4 Å². The van der Waals surface area contributed by atoms with E-state index in [0.29, 0.717) is 4.47 Å². The first-order valence-corrected chi connectivity index (χ1v) is 7.56. The summed E-state index contributed by atoms with van der Waals surface area (Å²) in [6, 6.07) is 9.83. The minimum Gasteiger partial charge on any atom is -0.282 e. The van der Waals surface area contributed by atoms with Crippen molar-refractivity contribution in [3.8, 4) is 5.69 Å². The third kappa shape index (κ3) is 3.18. The van der Waals surface area contributed by atoms with E-state index in [9.17, 15) is 4.79 Å². The largest absolute Gasteiger partial charge is 0.282 e. The van der Waals surface area contributed by atoms with Crippen molar-refractivity contribution < 1.29 is 0 Å². The average molecular weight is 385 g/mol. The van der Waals surface area contributed by atoms with Crippen LogP contribution < -0.4 is 5.56 Å². The van der Waals surface area contributed by atoms with Gasteiger partial charge in [0.15, 0.2) is 0 Å². The van der Waals surface area contributed by atoms with Crippen LogP contribution >= 0.6 is 31.9 Å². The van der Waals surface area contributed by atoms with Crippen LogP contribution in [0.4, 0.5) is 0 Å². The van der Waals surface area contributed by atoms with Gasteiger partial charge in [-0.2, -0.15) is 0 Å². The Morgan fingerprint density at radius 3 is 2.16 bits per heavy atom. The van der Waals surface area contributed by atoms with Crippen LogP contribution in [0.1, 0.15) is 26.3 Å². The molecule has 0 fully saturated rings. The van der Waals surface area contributed by atoms with Crippen LogP contribution in [0.25, 0.3) is 5.69 Å². The Morgan fingerprint density at radius 2 is 1.63 bits per heavy atom. The fourth-order valence-electron chi connectivity index (χ4n) is 1.83. The van der Waals surface area contributed by atoms with Gasteiger partial charge in [-0.1, -0.05) is 32.9 Å². The first kappa shape index (κ1) is 14.5. The zero-order valence-corrected chi connectivity index (χ0v) is 14.2. The Balaban J connectivity index is 2.52. The second kappa shape index (κ2) is 5.25. The lowest BCUT2D eigenvalue weighted by atomic mass is 9.87. The van der Waals surface area contributed by atoms with Gasteiger partial charge < -0.3 is 0 Å². The molecule has 0 N–H and O–H groups in total. The number of hydrogen-bond donors (Lipinski definition) is 0. The van der Waals surface area contributed by atoms with Crippen molar-refractivity contribution in [2.45, 2.75) is 26.2 Å². The van der Waals surface area contributed by atoms with Gasteiger partial charge in [0.05, 0.1) is 4.47 Å². The summed E-state index contributed by atoms with van der Waals surface area (Å²) in [5.41, 5.74) is 2.16. The summed E-state index contributed by atoms with van der Waals surface area (Å²) in [6.45, 7) is 6.51. The van der Waals surface area contributed by atoms with Gasteiger partial charge in [0.1, 0.15) is 0 Å². The summed E-state index contributed by atoms with van der Waals surface area (Å²) in [5.74, 6) is 0. The molecule has 0 radical (unpaired) electrons. The van der Waals surface area contributed by atoms with Gasteiger partial charge in [-0.3, -0.25) is 9.36 Å². The molecule has 0 unspecified atom stereocenters. The van der Waals surface area contributed by atoms with Crippen LogP contribution in [0.15, 0.2) is 50.3 Å². The van der Waals surface area contributed by atoms with E-state index in [1.807, 2.05) is 12.1 Å². The topological polar surface area (TPSA) is 22.0 Å². The van der Waals surface area contributed by atoms with Crippen molar-refractivity contribution in [2.75, 3.05) is 0 Å². The first-order chi connectivity index (χ1) is 8.79. The van der Waals surface area contributed by atoms with Gasteiger partial charge in [0.2, 0.25) is 0 Å². The summed E-state index contributed by atoms with van der Waals surface area (Å²) in [7, 11) is 0. The number of benzene rings is 1. The highest BCUT2D eigenvalue weighted by Crippen LogP contribution is 2.23. The number of nitrogens with zero attached hydrogens (tertiary/aromatic N) is 1. The number of hydrogen-bond acceptors (Lipinski definition) is 1. The van der Waals surface area contributed by atoms with Crippen LogP contribution in [-0.4, -0.2) is 4.57 Å². The van der Waals surface area contributed by atoms with E-state index < -0.39 is 0 Å². The van der Waals surface area contributed by atoms with Gasteiger partial charge in [-0.05, 0) is 61.0 Å². The minimum absolute atomic E-state index is 0.0632. The molecule has 0 aliphatic heterocycles. The number of aromatic nitrogens is 1. The highest BCUT2D eigenvalue weighted by molar-refractivity contribution is 9.11. The molecule has 1 aromatic carbocycles. The van der Waals surface area contributed by atoms with Crippen molar-refractivity contribution in [2.24, 2.45) is 0 Å². The molecular formula is C15H15Br2NO. The second-order valence-corrected chi connectivity index (χ2v) is 7.25. The normalized spacial score (nSPS) is 11.6. The summed E-state index contributed by atoms with van der Waals surface area (Å²) in [4.78, 5) is 12.1. The fraction of sp³-hybridized carbons (Fsp3) is 0.267. The second-order valence-electron chi connectivity index (χ2n) is 5.48. The average Bonchev–Trinajstić information content (AvgIpc) is 2.33. The monoisotopic (exact) mass is 383 g/mol. The highest BCUT2D eigenvalue weighted by atomic mass is 79.9. The van der Waals surface area contributed by atoms with Crippen LogP contribution in [-0.2, 0) is 5.41 Å². The lowest BCUT2D eigenvalue weighted by Crippen LogP contribution is -2.18. The molecule has 0 amide bonds. The zero-order valence-electron chi connectivity index (χ0n) is 11.1. The summed E-state index contributed by atoms with van der Waals surface area (Å²) in [6.07, 6.45) is 1.78. The van der Waals surface area contributed by atoms with E-state index in [1.165, 1.54) is 5.56 Å². The molecule has 0 atom stereocenters. The lowest BCUT2D eigenvalue weighted by molar-refractivity contribution is 0.590. The molecule has 19 heavy (non-hydrogen) atoms. The molecule has 1 aromatic heterocycles. The minimum atomic E-state index is -0.0632. The maximum absolute atomic E-state index is 12.1.